The Bertz CT molecular complexity index is 1820. The maximum atomic E-state index is 12.3. The number of benzene rings is 3. The maximum absolute atomic E-state index is 12.3. The first-order valence-electron chi connectivity index (χ1n) is 10.0. The highest BCUT2D eigenvalue weighted by atomic mass is 32.3. The number of azo groups is 1. The zero-order chi connectivity index (χ0) is 28.4. The molecular weight excluding hydrogens is 590 g/mol. The third-order valence-electron chi connectivity index (χ3n) is 4.76. The molecule has 0 heterocycles. The predicted octanol–water partition coefficient (Wildman–Crippen LogP) is 2.35. The van der Waals surface area contributed by atoms with Gasteiger partial charge in [0.15, 0.2) is 9.84 Å². The summed E-state index contributed by atoms with van der Waals surface area (Å²) in [5, 5.41) is 10.6. The monoisotopic (exact) mass is 609 g/mol. The van der Waals surface area contributed by atoms with Crippen molar-refractivity contribution in [3.63, 3.8) is 0 Å². The molecule has 19 heteroatoms. The lowest BCUT2D eigenvalue weighted by Crippen LogP contribution is -2.15. The van der Waals surface area contributed by atoms with E-state index in [0.717, 1.165) is 18.2 Å². The van der Waals surface area contributed by atoms with Crippen LogP contribution in [0.5, 0.6) is 0 Å². The molecule has 15 nitrogen and oxygen atoms in total. The fourth-order valence-corrected chi connectivity index (χ4v) is 5.69. The standard InChI is InChI=1S/C19H19N3O12S4/c23-35(24,11-10-34-38(31,32)33)14-6-4-13(5-7-14)21-22-19-16-2-1-3-18(37(28,29)30)15(16)8-9-17(19)20-12-36(25,26)27/h1-9,20H,10-12H2,(H,25,26,27)(H,28,29,30)(H,31,32,33). The lowest BCUT2D eigenvalue weighted by Gasteiger charge is -2.12. The third kappa shape index (κ3) is 7.98. The second-order valence-electron chi connectivity index (χ2n) is 7.45. The Hall–Kier alpha value is -3.04. The van der Waals surface area contributed by atoms with Gasteiger partial charge in [0.1, 0.15) is 16.5 Å². The van der Waals surface area contributed by atoms with Crippen molar-refractivity contribution in [1.29, 1.82) is 0 Å². The summed E-state index contributed by atoms with van der Waals surface area (Å²) < 4.78 is 123. The first-order chi connectivity index (χ1) is 17.5. The average molecular weight is 610 g/mol. The zero-order valence-corrected chi connectivity index (χ0v) is 22.1. The van der Waals surface area contributed by atoms with Crippen molar-refractivity contribution in [3.8, 4) is 0 Å². The van der Waals surface area contributed by atoms with E-state index in [1.807, 2.05) is 0 Å². The number of hydrogen-bond acceptors (Lipinski definition) is 12. The van der Waals surface area contributed by atoms with Gasteiger partial charge in [-0.2, -0.15) is 30.4 Å². The minimum atomic E-state index is -4.80. The molecule has 0 aliphatic carbocycles. The van der Waals surface area contributed by atoms with Crippen LogP contribution >= 0.6 is 0 Å². The van der Waals surface area contributed by atoms with E-state index in [1.165, 1.54) is 36.4 Å². The first-order valence-corrected chi connectivity index (χ1v) is 16.1. The molecule has 0 amide bonds. The Morgan fingerprint density at radius 3 is 2.00 bits per heavy atom. The number of hydrogen-bond donors (Lipinski definition) is 4. The van der Waals surface area contributed by atoms with Crippen LogP contribution in [0.2, 0.25) is 0 Å². The van der Waals surface area contributed by atoms with Crippen molar-refractivity contribution in [3.05, 3.63) is 54.6 Å². The fourth-order valence-electron chi connectivity index (χ4n) is 3.15. The first kappa shape index (κ1) is 29.5. The second kappa shape index (κ2) is 11.0. The van der Waals surface area contributed by atoms with Crippen molar-refractivity contribution in [2.24, 2.45) is 10.2 Å². The summed E-state index contributed by atoms with van der Waals surface area (Å²) in [5.74, 6) is -1.66. The van der Waals surface area contributed by atoms with E-state index in [4.69, 9.17) is 9.11 Å². The van der Waals surface area contributed by atoms with Gasteiger partial charge < -0.3 is 5.32 Å². The van der Waals surface area contributed by atoms with Crippen LogP contribution in [-0.4, -0.2) is 65.6 Å². The van der Waals surface area contributed by atoms with Gasteiger partial charge in [-0.25, -0.2) is 12.6 Å². The lowest BCUT2D eigenvalue weighted by molar-refractivity contribution is 0.284. The van der Waals surface area contributed by atoms with Gasteiger partial charge >= 0.3 is 10.4 Å². The van der Waals surface area contributed by atoms with Gasteiger partial charge in [0.05, 0.1) is 28.6 Å². The summed E-state index contributed by atoms with van der Waals surface area (Å²) in [6.45, 7) is -0.811. The number of rotatable bonds is 11. The molecule has 0 aliphatic rings. The summed E-state index contributed by atoms with van der Waals surface area (Å²) in [7, 11) is -17.9. The van der Waals surface area contributed by atoms with E-state index in [-0.39, 0.29) is 32.7 Å². The van der Waals surface area contributed by atoms with Crippen molar-refractivity contribution in [2.45, 2.75) is 9.79 Å². The van der Waals surface area contributed by atoms with E-state index in [2.05, 4.69) is 19.7 Å². The quantitative estimate of drug-likeness (QED) is 0.180. The summed E-state index contributed by atoms with van der Waals surface area (Å²) in [5.41, 5.74) is 0.0851. The molecule has 4 N–H and O–H groups in total. The average Bonchev–Trinajstić information content (AvgIpc) is 2.79. The molecule has 0 bridgehead atoms. The van der Waals surface area contributed by atoms with Gasteiger partial charge in [0, 0.05) is 10.8 Å². The molecule has 3 aromatic carbocycles. The smallest absolute Gasteiger partial charge is 0.368 e. The molecule has 3 rings (SSSR count). The Morgan fingerprint density at radius 2 is 1.42 bits per heavy atom. The number of nitrogens with zero attached hydrogens (tertiary/aromatic N) is 2. The number of nitrogens with one attached hydrogen (secondary N) is 1. The van der Waals surface area contributed by atoms with E-state index in [9.17, 15) is 38.2 Å². The summed E-state index contributed by atoms with van der Waals surface area (Å²) in [6.07, 6.45) is 0. The van der Waals surface area contributed by atoms with Gasteiger partial charge in [0.2, 0.25) is 0 Å². The molecule has 0 radical (unpaired) electrons. The Morgan fingerprint density at radius 1 is 0.763 bits per heavy atom. The molecule has 3 aromatic rings. The van der Waals surface area contributed by atoms with Gasteiger partial charge in [-0.3, -0.25) is 13.7 Å². The molecule has 0 fully saturated rings. The molecule has 0 saturated carbocycles. The molecule has 0 aromatic heterocycles. The van der Waals surface area contributed by atoms with Crippen molar-refractivity contribution >= 4 is 68.3 Å². The van der Waals surface area contributed by atoms with Gasteiger partial charge in [-0.05, 0) is 36.4 Å². The Balaban J connectivity index is 1.98. The van der Waals surface area contributed by atoms with Gasteiger partial charge in [0.25, 0.3) is 20.2 Å². The molecule has 0 spiro atoms. The molecule has 38 heavy (non-hydrogen) atoms. The molecule has 0 saturated heterocycles. The van der Waals surface area contributed by atoms with Crippen molar-refractivity contribution in [2.75, 3.05) is 23.6 Å². The number of fused-ring (bicyclic) bond motifs is 1. The highest BCUT2D eigenvalue weighted by Gasteiger charge is 2.19. The van der Waals surface area contributed by atoms with Crippen LogP contribution in [-0.2, 0) is 44.7 Å². The minimum Gasteiger partial charge on any atom is -0.368 e. The highest BCUT2D eigenvalue weighted by molar-refractivity contribution is 7.91. The zero-order valence-electron chi connectivity index (χ0n) is 18.9. The number of anilines is 1. The molecule has 0 unspecified atom stereocenters. The van der Waals surface area contributed by atoms with Crippen LogP contribution in [0.1, 0.15) is 0 Å². The Labute approximate surface area is 217 Å². The fraction of sp³-hybridized carbons (Fsp3) is 0.158. The van der Waals surface area contributed by atoms with Crippen molar-refractivity contribution in [1.82, 2.24) is 0 Å². The summed E-state index contributed by atoms with van der Waals surface area (Å²) >= 11 is 0. The maximum Gasteiger partial charge on any atom is 0.397 e. The van der Waals surface area contributed by atoms with Crippen molar-refractivity contribution < 1.29 is 51.5 Å². The molecular formula is C19H19N3O12S4. The molecule has 0 aliphatic heterocycles. The SMILES string of the molecule is O=S(=O)(O)CNc1ccc2c(S(=O)(=O)O)cccc2c1N=Nc1ccc(S(=O)(=O)CCOS(=O)(=O)O)cc1. The van der Waals surface area contributed by atoms with E-state index < -0.39 is 63.6 Å². The van der Waals surface area contributed by atoms with E-state index in [1.54, 1.807) is 0 Å². The van der Waals surface area contributed by atoms with Crippen LogP contribution in [0.4, 0.5) is 17.1 Å². The predicted molar refractivity (Wildman–Crippen MR) is 134 cm³/mol. The summed E-state index contributed by atoms with van der Waals surface area (Å²) in [4.78, 5) is -0.658. The van der Waals surface area contributed by atoms with E-state index in [0.29, 0.717) is 0 Å². The van der Waals surface area contributed by atoms with Gasteiger partial charge in [-0.15, -0.1) is 5.11 Å². The highest BCUT2D eigenvalue weighted by Crippen LogP contribution is 2.38. The van der Waals surface area contributed by atoms with Crippen LogP contribution in [0.25, 0.3) is 10.8 Å². The minimum absolute atomic E-state index is 0.0318. The van der Waals surface area contributed by atoms with Crippen LogP contribution < -0.4 is 5.32 Å². The Kier molecular flexibility index (Phi) is 8.53. The van der Waals surface area contributed by atoms with Crippen LogP contribution in [0.3, 0.4) is 0 Å². The molecule has 0 atom stereocenters. The lowest BCUT2D eigenvalue weighted by atomic mass is 10.1. The van der Waals surface area contributed by atoms with Gasteiger partial charge in [-0.1, -0.05) is 18.2 Å². The second-order valence-corrected chi connectivity index (χ2v) is 13.5. The van der Waals surface area contributed by atoms with E-state index >= 15 is 0 Å². The normalized spacial score (nSPS) is 13.2. The number of sulfone groups is 1. The topological polar surface area (TPSA) is 243 Å². The largest absolute Gasteiger partial charge is 0.397 e. The third-order valence-corrected chi connectivity index (χ3v) is 8.34. The van der Waals surface area contributed by atoms with Crippen LogP contribution in [0.15, 0.2) is 74.6 Å². The molecule has 206 valence electrons. The summed E-state index contributed by atoms with van der Waals surface area (Å²) in [6, 6.07) is 11.2. The van der Waals surface area contributed by atoms with Crippen LogP contribution in [0, 0.1) is 0 Å².